The van der Waals surface area contributed by atoms with Gasteiger partial charge in [0.2, 0.25) is 0 Å². The lowest BCUT2D eigenvalue weighted by atomic mass is 10.1. The lowest BCUT2D eigenvalue weighted by Crippen LogP contribution is -2.50. The Morgan fingerprint density at radius 3 is 3.14 bits per heavy atom. The van der Waals surface area contributed by atoms with E-state index in [-0.39, 0.29) is 6.23 Å². The normalized spacial score (nSPS) is 29.4. The molecule has 2 unspecified atom stereocenters. The van der Waals surface area contributed by atoms with Gasteiger partial charge in [-0.15, -0.1) is 0 Å². The number of para-hydroxylation sites is 2. The highest BCUT2D eigenvalue weighted by Crippen LogP contribution is 2.38. The van der Waals surface area contributed by atoms with Crippen LogP contribution in [0.15, 0.2) is 24.3 Å². The Labute approximate surface area is 83.5 Å². The molecule has 0 bridgehead atoms. The molecular formula is C11H14N2O. The van der Waals surface area contributed by atoms with Gasteiger partial charge in [0.05, 0.1) is 11.7 Å². The van der Waals surface area contributed by atoms with Crippen molar-refractivity contribution in [3.8, 4) is 5.75 Å². The van der Waals surface area contributed by atoms with Crippen LogP contribution in [0.3, 0.4) is 0 Å². The highest BCUT2D eigenvalue weighted by Gasteiger charge is 2.36. The number of benzene rings is 1. The second-order valence-corrected chi connectivity index (χ2v) is 3.95. The SMILES string of the molecule is NC1Oc2ccccc2N2CCCC12. The molecule has 0 aromatic heterocycles. The highest BCUT2D eigenvalue weighted by atomic mass is 16.5. The van der Waals surface area contributed by atoms with Crippen molar-refractivity contribution in [2.45, 2.75) is 25.1 Å². The molecule has 3 heteroatoms. The maximum absolute atomic E-state index is 5.97. The first-order valence-electron chi connectivity index (χ1n) is 5.14. The summed E-state index contributed by atoms with van der Waals surface area (Å²) in [7, 11) is 0. The Morgan fingerprint density at radius 2 is 2.21 bits per heavy atom. The minimum atomic E-state index is -0.160. The van der Waals surface area contributed by atoms with Crippen molar-refractivity contribution in [1.82, 2.24) is 0 Å². The van der Waals surface area contributed by atoms with Crippen LogP contribution in [0, 0.1) is 0 Å². The van der Waals surface area contributed by atoms with Gasteiger partial charge in [-0.05, 0) is 25.0 Å². The molecule has 74 valence electrons. The van der Waals surface area contributed by atoms with Crippen molar-refractivity contribution in [2.75, 3.05) is 11.4 Å². The smallest absolute Gasteiger partial charge is 0.168 e. The number of rotatable bonds is 0. The molecule has 1 aromatic rings. The molecule has 2 aliphatic rings. The van der Waals surface area contributed by atoms with E-state index in [4.69, 9.17) is 10.5 Å². The molecule has 2 heterocycles. The van der Waals surface area contributed by atoms with E-state index >= 15 is 0 Å². The number of hydrogen-bond acceptors (Lipinski definition) is 3. The minimum Gasteiger partial charge on any atom is -0.471 e. The molecular weight excluding hydrogens is 176 g/mol. The first-order valence-corrected chi connectivity index (χ1v) is 5.14. The van der Waals surface area contributed by atoms with E-state index in [0.29, 0.717) is 6.04 Å². The predicted octanol–water partition coefficient (Wildman–Crippen LogP) is 1.33. The lowest BCUT2D eigenvalue weighted by molar-refractivity contribution is 0.165. The van der Waals surface area contributed by atoms with Crippen LogP contribution in [0.1, 0.15) is 12.8 Å². The fourth-order valence-electron chi connectivity index (χ4n) is 2.45. The molecule has 0 radical (unpaired) electrons. The molecule has 0 saturated carbocycles. The first-order chi connectivity index (χ1) is 6.86. The third kappa shape index (κ3) is 1.02. The molecule has 2 aliphatic heterocycles. The summed E-state index contributed by atoms with van der Waals surface area (Å²) < 4.78 is 5.68. The van der Waals surface area contributed by atoms with E-state index in [1.165, 1.54) is 12.1 Å². The van der Waals surface area contributed by atoms with Gasteiger partial charge in [0.25, 0.3) is 0 Å². The molecule has 0 amide bonds. The van der Waals surface area contributed by atoms with Crippen molar-refractivity contribution < 1.29 is 4.74 Å². The van der Waals surface area contributed by atoms with Crippen LogP contribution in [0.5, 0.6) is 5.75 Å². The third-order valence-electron chi connectivity index (χ3n) is 3.12. The van der Waals surface area contributed by atoms with Gasteiger partial charge in [0.15, 0.2) is 6.23 Å². The summed E-state index contributed by atoms with van der Waals surface area (Å²) in [6, 6.07) is 8.52. The van der Waals surface area contributed by atoms with Crippen LogP contribution in [0.2, 0.25) is 0 Å². The van der Waals surface area contributed by atoms with Crippen molar-refractivity contribution in [3.63, 3.8) is 0 Å². The Bertz CT molecular complexity index is 353. The zero-order valence-electron chi connectivity index (χ0n) is 8.02. The maximum Gasteiger partial charge on any atom is 0.168 e. The van der Waals surface area contributed by atoms with Gasteiger partial charge in [-0.3, -0.25) is 5.73 Å². The molecule has 14 heavy (non-hydrogen) atoms. The molecule has 1 saturated heterocycles. The summed E-state index contributed by atoms with van der Waals surface area (Å²) in [6.45, 7) is 1.11. The highest BCUT2D eigenvalue weighted by molar-refractivity contribution is 5.61. The topological polar surface area (TPSA) is 38.5 Å². The summed E-state index contributed by atoms with van der Waals surface area (Å²) in [4.78, 5) is 2.38. The monoisotopic (exact) mass is 190 g/mol. The Kier molecular flexibility index (Phi) is 1.67. The number of ether oxygens (including phenoxy) is 1. The largest absolute Gasteiger partial charge is 0.471 e. The van der Waals surface area contributed by atoms with Gasteiger partial charge >= 0.3 is 0 Å². The fourth-order valence-corrected chi connectivity index (χ4v) is 2.45. The second kappa shape index (κ2) is 2.89. The van der Waals surface area contributed by atoms with Crippen molar-refractivity contribution in [2.24, 2.45) is 5.73 Å². The minimum absolute atomic E-state index is 0.160. The molecule has 0 spiro atoms. The van der Waals surface area contributed by atoms with Crippen LogP contribution in [-0.4, -0.2) is 18.8 Å². The average Bonchev–Trinajstić information content (AvgIpc) is 2.67. The average molecular weight is 190 g/mol. The van der Waals surface area contributed by atoms with E-state index < -0.39 is 0 Å². The Balaban J connectivity index is 2.07. The van der Waals surface area contributed by atoms with E-state index in [1.54, 1.807) is 0 Å². The molecule has 1 aromatic carbocycles. The first kappa shape index (κ1) is 8.12. The van der Waals surface area contributed by atoms with Crippen molar-refractivity contribution >= 4 is 5.69 Å². The zero-order valence-corrected chi connectivity index (χ0v) is 8.02. The van der Waals surface area contributed by atoms with E-state index in [1.807, 2.05) is 12.1 Å². The van der Waals surface area contributed by atoms with Crippen LogP contribution < -0.4 is 15.4 Å². The summed E-state index contributed by atoms with van der Waals surface area (Å²) in [5.74, 6) is 0.929. The van der Waals surface area contributed by atoms with Crippen LogP contribution in [0.4, 0.5) is 5.69 Å². The number of nitrogens with two attached hydrogens (primary N) is 1. The number of fused-ring (bicyclic) bond motifs is 3. The van der Waals surface area contributed by atoms with Crippen molar-refractivity contribution in [3.05, 3.63) is 24.3 Å². The van der Waals surface area contributed by atoms with E-state index in [2.05, 4.69) is 17.0 Å². The van der Waals surface area contributed by atoms with Gasteiger partial charge in [-0.2, -0.15) is 0 Å². The lowest BCUT2D eigenvalue weighted by Gasteiger charge is -2.37. The van der Waals surface area contributed by atoms with Crippen LogP contribution >= 0.6 is 0 Å². The van der Waals surface area contributed by atoms with Crippen LogP contribution in [0.25, 0.3) is 0 Å². The molecule has 2 N–H and O–H groups in total. The third-order valence-corrected chi connectivity index (χ3v) is 3.12. The fraction of sp³-hybridized carbons (Fsp3) is 0.455. The second-order valence-electron chi connectivity index (χ2n) is 3.95. The maximum atomic E-state index is 5.97. The summed E-state index contributed by atoms with van der Waals surface area (Å²) in [5, 5.41) is 0. The standard InChI is InChI=1S/C11H14N2O/c12-11-9-5-3-7-13(9)8-4-1-2-6-10(8)14-11/h1-2,4,6,9,11H,3,5,7,12H2. The predicted molar refractivity (Wildman–Crippen MR) is 55.4 cm³/mol. The van der Waals surface area contributed by atoms with Crippen LogP contribution in [-0.2, 0) is 0 Å². The van der Waals surface area contributed by atoms with Gasteiger partial charge in [-0.25, -0.2) is 0 Å². The van der Waals surface area contributed by atoms with Gasteiger partial charge in [-0.1, -0.05) is 12.1 Å². The molecule has 0 aliphatic carbocycles. The van der Waals surface area contributed by atoms with Gasteiger partial charge < -0.3 is 9.64 Å². The summed E-state index contributed by atoms with van der Waals surface area (Å²) in [6.07, 6.45) is 2.21. The number of nitrogens with zero attached hydrogens (tertiary/aromatic N) is 1. The van der Waals surface area contributed by atoms with E-state index in [9.17, 15) is 0 Å². The molecule has 1 fully saturated rings. The van der Waals surface area contributed by atoms with Gasteiger partial charge in [0.1, 0.15) is 5.75 Å². The van der Waals surface area contributed by atoms with E-state index in [0.717, 1.165) is 18.7 Å². The summed E-state index contributed by atoms with van der Waals surface area (Å²) in [5.41, 5.74) is 7.18. The molecule has 3 rings (SSSR count). The van der Waals surface area contributed by atoms with Gasteiger partial charge in [0, 0.05) is 6.54 Å². The summed E-state index contributed by atoms with van der Waals surface area (Å²) >= 11 is 0. The molecule has 3 nitrogen and oxygen atoms in total. The molecule has 2 atom stereocenters. The zero-order chi connectivity index (χ0) is 9.54. The number of hydrogen-bond donors (Lipinski definition) is 1. The quantitative estimate of drug-likeness (QED) is 0.670. The van der Waals surface area contributed by atoms with Crippen molar-refractivity contribution in [1.29, 1.82) is 0 Å². The Morgan fingerprint density at radius 1 is 1.36 bits per heavy atom. The Hall–Kier alpha value is -1.22. The number of anilines is 1.